The first kappa shape index (κ1) is 21.3. The van der Waals surface area contributed by atoms with Gasteiger partial charge in [-0.05, 0) is 36.4 Å². The molecule has 9 heteroatoms. The molecule has 0 fully saturated rings. The second kappa shape index (κ2) is 9.03. The van der Waals surface area contributed by atoms with Crippen molar-refractivity contribution in [3.8, 4) is 11.5 Å². The normalized spacial score (nSPS) is 10.8. The number of benzene rings is 2. The molecule has 2 heterocycles. The zero-order chi connectivity index (χ0) is 22.7. The topological polar surface area (TPSA) is 111 Å². The van der Waals surface area contributed by atoms with Crippen LogP contribution < -0.4 is 15.6 Å². The van der Waals surface area contributed by atoms with Crippen LogP contribution in [-0.4, -0.2) is 26.5 Å². The summed E-state index contributed by atoms with van der Waals surface area (Å²) >= 11 is 1.10. The molecular weight excluding hydrogens is 430 g/mol. The van der Waals surface area contributed by atoms with Gasteiger partial charge in [-0.2, -0.15) is 0 Å². The van der Waals surface area contributed by atoms with E-state index in [9.17, 15) is 19.5 Å². The highest BCUT2D eigenvalue weighted by molar-refractivity contribution is 7.17. The minimum absolute atomic E-state index is 0.0231. The van der Waals surface area contributed by atoms with Gasteiger partial charge in [0.2, 0.25) is 5.91 Å². The molecule has 0 aliphatic heterocycles. The number of carboxylic acids is 1. The summed E-state index contributed by atoms with van der Waals surface area (Å²) in [7, 11) is 0. The second-order valence-corrected chi connectivity index (χ2v) is 7.75. The average molecular weight is 449 g/mol. The Balaban J connectivity index is 1.52. The van der Waals surface area contributed by atoms with Crippen LogP contribution in [0.2, 0.25) is 0 Å². The summed E-state index contributed by atoms with van der Waals surface area (Å²) in [6.07, 6.45) is 0.421. The molecular formula is C23H19N3O5S. The first-order chi connectivity index (χ1) is 15.5. The summed E-state index contributed by atoms with van der Waals surface area (Å²) in [6.45, 7) is 1.54. The number of amides is 1. The van der Waals surface area contributed by atoms with Crippen molar-refractivity contribution in [1.29, 1.82) is 0 Å². The van der Waals surface area contributed by atoms with Crippen molar-refractivity contribution in [2.24, 2.45) is 0 Å². The van der Waals surface area contributed by atoms with Gasteiger partial charge in [-0.1, -0.05) is 25.1 Å². The number of nitrogens with one attached hydrogen (secondary N) is 1. The number of anilines is 1. The molecule has 0 aliphatic carbocycles. The van der Waals surface area contributed by atoms with E-state index in [0.717, 1.165) is 11.3 Å². The third-order valence-corrected chi connectivity index (χ3v) is 5.61. The monoisotopic (exact) mass is 449 g/mol. The molecule has 2 aromatic heterocycles. The van der Waals surface area contributed by atoms with E-state index in [1.54, 1.807) is 24.3 Å². The van der Waals surface area contributed by atoms with Crippen LogP contribution in [0.25, 0.3) is 10.2 Å². The Labute approximate surface area is 186 Å². The number of carbonyl (C=O) groups is 2. The van der Waals surface area contributed by atoms with Crippen LogP contribution >= 0.6 is 11.3 Å². The molecule has 4 aromatic rings. The Kier molecular flexibility index (Phi) is 6.00. The second-order valence-electron chi connectivity index (χ2n) is 6.90. The van der Waals surface area contributed by atoms with E-state index < -0.39 is 17.4 Å². The Morgan fingerprint density at radius 3 is 2.44 bits per heavy atom. The fourth-order valence-electron chi connectivity index (χ4n) is 3.23. The molecule has 32 heavy (non-hydrogen) atoms. The van der Waals surface area contributed by atoms with Crippen molar-refractivity contribution >= 4 is 39.1 Å². The Morgan fingerprint density at radius 1 is 1.09 bits per heavy atom. The number of rotatable bonds is 7. The number of thiophene rings is 1. The molecule has 2 N–H and O–H groups in total. The largest absolute Gasteiger partial charge is 0.478 e. The van der Waals surface area contributed by atoms with E-state index in [2.05, 4.69) is 10.3 Å². The lowest BCUT2D eigenvalue weighted by Crippen LogP contribution is -2.31. The Morgan fingerprint density at radius 2 is 1.78 bits per heavy atom. The van der Waals surface area contributed by atoms with Gasteiger partial charge in [-0.3, -0.25) is 14.2 Å². The lowest BCUT2D eigenvalue weighted by molar-refractivity contribution is -0.116. The maximum absolute atomic E-state index is 13.0. The molecule has 0 unspecified atom stereocenters. The van der Waals surface area contributed by atoms with Gasteiger partial charge >= 0.3 is 5.97 Å². The summed E-state index contributed by atoms with van der Waals surface area (Å²) in [6, 6.07) is 16.2. The SMILES string of the molecule is CCc1nc2scc(C(=O)O)c2c(=O)n1CC(=O)Nc1ccc(Oc2ccccc2)cc1. The summed E-state index contributed by atoms with van der Waals surface area (Å²) in [5.74, 6) is 0.114. The molecule has 0 radical (unpaired) electrons. The molecule has 1 amide bonds. The first-order valence-electron chi connectivity index (χ1n) is 9.83. The van der Waals surface area contributed by atoms with E-state index in [0.29, 0.717) is 34.3 Å². The minimum atomic E-state index is -1.20. The van der Waals surface area contributed by atoms with E-state index in [1.807, 2.05) is 37.3 Å². The molecule has 2 aromatic carbocycles. The smallest absolute Gasteiger partial charge is 0.337 e. The number of ether oxygens (including phenoxy) is 1. The van der Waals surface area contributed by atoms with E-state index in [4.69, 9.17) is 4.74 Å². The number of aromatic nitrogens is 2. The van der Waals surface area contributed by atoms with Gasteiger partial charge < -0.3 is 15.2 Å². The van der Waals surface area contributed by atoms with Gasteiger partial charge in [0.25, 0.3) is 5.56 Å². The van der Waals surface area contributed by atoms with Gasteiger partial charge in [0.15, 0.2) is 0 Å². The van der Waals surface area contributed by atoms with E-state index in [-0.39, 0.29) is 17.5 Å². The number of carboxylic acid groups (broad SMARTS) is 1. The highest BCUT2D eigenvalue weighted by Gasteiger charge is 2.20. The lowest BCUT2D eigenvalue weighted by Gasteiger charge is -2.12. The third kappa shape index (κ3) is 4.37. The van der Waals surface area contributed by atoms with Crippen molar-refractivity contribution in [3.63, 3.8) is 0 Å². The number of aryl methyl sites for hydroxylation is 1. The predicted molar refractivity (Wildman–Crippen MR) is 122 cm³/mol. The number of hydrogen-bond donors (Lipinski definition) is 2. The van der Waals surface area contributed by atoms with E-state index in [1.165, 1.54) is 9.95 Å². The van der Waals surface area contributed by atoms with Crippen molar-refractivity contribution in [1.82, 2.24) is 9.55 Å². The van der Waals surface area contributed by atoms with Gasteiger partial charge in [0.05, 0.1) is 10.9 Å². The third-order valence-electron chi connectivity index (χ3n) is 4.74. The molecule has 8 nitrogen and oxygen atoms in total. The summed E-state index contributed by atoms with van der Waals surface area (Å²) < 4.78 is 6.96. The molecule has 0 saturated carbocycles. The predicted octanol–water partition coefficient (Wildman–Crippen LogP) is 4.15. The number of para-hydroxylation sites is 1. The zero-order valence-corrected chi connectivity index (χ0v) is 17.9. The number of carbonyl (C=O) groups excluding carboxylic acids is 1. The van der Waals surface area contributed by atoms with Gasteiger partial charge in [-0.15, -0.1) is 11.3 Å². The number of aromatic carboxylic acids is 1. The standard InChI is InChI=1S/C23H19N3O5S/c1-2-18-25-21-20(17(13-32-21)23(29)30)22(28)26(18)12-19(27)24-14-8-10-16(11-9-14)31-15-6-4-3-5-7-15/h3-11,13H,2,12H2,1H3,(H,24,27)(H,29,30). The lowest BCUT2D eigenvalue weighted by atomic mass is 10.2. The molecule has 0 saturated heterocycles. The van der Waals surface area contributed by atoms with Crippen molar-refractivity contribution in [2.45, 2.75) is 19.9 Å². The maximum atomic E-state index is 13.0. The van der Waals surface area contributed by atoms with Crippen LogP contribution in [0.3, 0.4) is 0 Å². The summed E-state index contributed by atoms with van der Waals surface area (Å²) in [5.41, 5.74) is -0.0992. The Bertz CT molecular complexity index is 1340. The first-order valence-corrected chi connectivity index (χ1v) is 10.7. The number of fused-ring (bicyclic) bond motifs is 1. The Hall–Kier alpha value is -3.98. The van der Waals surface area contributed by atoms with Crippen LogP contribution in [0.1, 0.15) is 23.1 Å². The fraction of sp³-hybridized carbons (Fsp3) is 0.130. The molecule has 0 spiro atoms. The molecule has 0 bridgehead atoms. The molecule has 4 rings (SSSR count). The number of hydrogen-bond acceptors (Lipinski definition) is 6. The zero-order valence-electron chi connectivity index (χ0n) is 17.1. The van der Waals surface area contributed by atoms with Gasteiger partial charge in [0.1, 0.15) is 28.7 Å². The van der Waals surface area contributed by atoms with Crippen LogP contribution in [0.15, 0.2) is 64.8 Å². The van der Waals surface area contributed by atoms with Crippen molar-refractivity contribution in [3.05, 3.63) is 81.7 Å². The number of nitrogens with zero attached hydrogens (tertiary/aromatic N) is 2. The summed E-state index contributed by atoms with van der Waals surface area (Å²) in [4.78, 5) is 41.8. The molecule has 0 aliphatic rings. The van der Waals surface area contributed by atoms with E-state index >= 15 is 0 Å². The van der Waals surface area contributed by atoms with Crippen molar-refractivity contribution in [2.75, 3.05) is 5.32 Å². The highest BCUT2D eigenvalue weighted by Crippen LogP contribution is 2.23. The van der Waals surface area contributed by atoms with Gasteiger partial charge in [-0.25, -0.2) is 9.78 Å². The summed E-state index contributed by atoms with van der Waals surface area (Å²) in [5, 5.41) is 13.5. The maximum Gasteiger partial charge on any atom is 0.337 e. The molecule has 0 atom stereocenters. The van der Waals surface area contributed by atoms with Crippen molar-refractivity contribution < 1.29 is 19.4 Å². The van der Waals surface area contributed by atoms with Gasteiger partial charge in [0, 0.05) is 17.5 Å². The quantitative estimate of drug-likeness (QED) is 0.439. The van der Waals surface area contributed by atoms with Crippen LogP contribution in [0, 0.1) is 0 Å². The highest BCUT2D eigenvalue weighted by atomic mass is 32.1. The fourth-order valence-corrected chi connectivity index (χ4v) is 4.15. The minimum Gasteiger partial charge on any atom is -0.478 e. The van der Waals surface area contributed by atoms with Crippen LogP contribution in [0.4, 0.5) is 5.69 Å². The molecule has 162 valence electrons. The van der Waals surface area contributed by atoms with Crippen LogP contribution in [0.5, 0.6) is 11.5 Å². The average Bonchev–Trinajstić information content (AvgIpc) is 3.22. The van der Waals surface area contributed by atoms with Crippen LogP contribution in [-0.2, 0) is 17.8 Å².